The van der Waals surface area contributed by atoms with Gasteiger partial charge in [0.25, 0.3) is 5.91 Å². The van der Waals surface area contributed by atoms with Crippen LogP contribution in [0.2, 0.25) is 0 Å². The SMILES string of the molecule is Cc1cccc(C)c1NC(=O)c1ccc(C#CCN)s1. The first-order valence-electron chi connectivity index (χ1n) is 6.28. The number of benzene rings is 1. The number of hydrogen-bond donors (Lipinski definition) is 2. The standard InChI is InChI=1S/C16H16N2OS/c1-11-5-3-6-12(2)15(11)18-16(19)14-9-8-13(20-14)7-4-10-17/h3,5-6,8-9H,10,17H2,1-2H3,(H,18,19). The van der Waals surface area contributed by atoms with Crippen molar-refractivity contribution in [1.82, 2.24) is 0 Å². The maximum atomic E-state index is 12.2. The molecule has 0 aliphatic carbocycles. The summed E-state index contributed by atoms with van der Waals surface area (Å²) in [6.07, 6.45) is 0. The highest BCUT2D eigenvalue weighted by Gasteiger charge is 2.11. The van der Waals surface area contributed by atoms with Crippen LogP contribution in [0.15, 0.2) is 30.3 Å². The number of nitrogens with two attached hydrogens (primary N) is 1. The lowest BCUT2D eigenvalue weighted by Crippen LogP contribution is -2.12. The number of carbonyl (C=O) groups excluding carboxylic acids is 1. The van der Waals surface area contributed by atoms with Crippen LogP contribution in [0.1, 0.15) is 25.7 Å². The van der Waals surface area contributed by atoms with Crippen LogP contribution < -0.4 is 11.1 Å². The molecule has 3 nitrogen and oxygen atoms in total. The van der Waals surface area contributed by atoms with E-state index in [9.17, 15) is 4.79 Å². The first kappa shape index (κ1) is 14.3. The van der Waals surface area contributed by atoms with E-state index >= 15 is 0 Å². The van der Waals surface area contributed by atoms with E-state index in [0.717, 1.165) is 21.7 Å². The normalized spacial score (nSPS) is 9.75. The summed E-state index contributed by atoms with van der Waals surface area (Å²) in [6, 6.07) is 9.57. The van der Waals surface area contributed by atoms with Crippen LogP contribution >= 0.6 is 11.3 Å². The second-order valence-corrected chi connectivity index (χ2v) is 5.47. The molecule has 2 aromatic rings. The molecule has 1 aromatic carbocycles. The van der Waals surface area contributed by atoms with Gasteiger partial charge in [0.2, 0.25) is 0 Å². The lowest BCUT2D eigenvalue weighted by Gasteiger charge is -2.10. The Morgan fingerprint density at radius 3 is 2.60 bits per heavy atom. The van der Waals surface area contributed by atoms with Gasteiger partial charge in [-0.1, -0.05) is 30.0 Å². The smallest absolute Gasteiger partial charge is 0.265 e. The van der Waals surface area contributed by atoms with E-state index in [4.69, 9.17) is 5.73 Å². The molecule has 0 bridgehead atoms. The molecule has 0 unspecified atom stereocenters. The number of amides is 1. The molecule has 3 N–H and O–H groups in total. The molecule has 2 rings (SSSR count). The predicted molar refractivity (Wildman–Crippen MR) is 84.1 cm³/mol. The van der Waals surface area contributed by atoms with Crippen molar-refractivity contribution in [2.24, 2.45) is 5.73 Å². The molecule has 1 amide bonds. The van der Waals surface area contributed by atoms with Gasteiger partial charge in [-0.25, -0.2) is 0 Å². The Morgan fingerprint density at radius 1 is 1.25 bits per heavy atom. The highest BCUT2D eigenvalue weighted by Crippen LogP contribution is 2.22. The molecule has 1 aromatic heterocycles. The van der Waals surface area contributed by atoms with Gasteiger partial charge in [0, 0.05) is 5.69 Å². The molecule has 0 fully saturated rings. The van der Waals surface area contributed by atoms with Gasteiger partial charge in [-0.05, 0) is 37.1 Å². The Balaban J connectivity index is 2.18. The fourth-order valence-corrected chi connectivity index (χ4v) is 2.63. The molecule has 0 radical (unpaired) electrons. The van der Waals surface area contributed by atoms with Crippen molar-refractivity contribution in [2.45, 2.75) is 13.8 Å². The van der Waals surface area contributed by atoms with Crippen LogP contribution in [-0.4, -0.2) is 12.5 Å². The molecule has 0 saturated carbocycles. The van der Waals surface area contributed by atoms with E-state index in [0.29, 0.717) is 11.4 Å². The van der Waals surface area contributed by atoms with E-state index < -0.39 is 0 Å². The van der Waals surface area contributed by atoms with Crippen LogP contribution in [0, 0.1) is 25.7 Å². The number of rotatable bonds is 2. The average molecular weight is 284 g/mol. The largest absolute Gasteiger partial charge is 0.321 e. The molecule has 20 heavy (non-hydrogen) atoms. The van der Waals surface area contributed by atoms with E-state index in [1.54, 1.807) is 6.07 Å². The summed E-state index contributed by atoms with van der Waals surface area (Å²) in [7, 11) is 0. The Labute approximate surface area is 122 Å². The molecule has 0 spiro atoms. The minimum Gasteiger partial charge on any atom is -0.321 e. The number of anilines is 1. The van der Waals surface area contributed by atoms with E-state index in [2.05, 4.69) is 17.2 Å². The second-order valence-electron chi connectivity index (χ2n) is 4.39. The third-order valence-corrected chi connectivity index (χ3v) is 3.86. The molecular formula is C16H16N2OS. The molecule has 1 heterocycles. The summed E-state index contributed by atoms with van der Waals surface area (Å²) in [5, 5.41) is 2.96. The van der Waals surface area contributed by atoms with Crippen molar-refractivity contribution in [3.8, 4) is 11.8 Å². The van der Waals surface area contributed by atoms with Crippen LogP contribution in [0.3, 0.4) is 0 Å². The number of carbonyl (C=O) groups is 1. The van der Waals surface area contributed by atoms with Crippen LogP contribution in [0.5, 0.6) is 0 Å². The van der Waals surface area contributed by atoms with E-state index in [1.165, 1.54) is 11.3 Å². The number of para-hydroxylation sites is 1. The molecule has 0 aliphatic rings. The van der Waals surface area contributed by atoms with E-state index in [1.807, 2.05) is 38.1 Å². The van der Waals surface area contributed by atoms with E-state index in [-0.39, 0.29) is 5.91 Å². The average Bonchev–Trinajstić information content (AvgIpc) is 2.89. The molecular weight excluding hydrogens is 268 g/mol. The highest BCUT2D eigenvalue weighted by atomic mass is 32.1. The first-order valence-corrected chi connectivity index (χ1v) is 7.10. The summed E-state index contributed by atoms with van der Waals surface area (Å²) >= 11 is 1.37. The third-order valence-electron chi connectivity index (χ3n) is 2.86. The molecule has 0 saturated heterocycles. The quantitative estimate of drug-likeness (QED) is 0.833. The molecule has 102 valence electrons. The van der Waals surface area contributed by atoms with Gasteiger partial charge < -0.3 is 11.1 Å². The lowest BCUT2D eigenvalue weighted by atomic mass is 10.1. The first-order chi connectivity index (χ1) is 9.61. The van der Waals surface area contributed by atoms with Gasteiger partial charge in [-0.2, -0.15) is 0 Å². The summed E-state index contributed by atoms with van der Waals surface area (Å²) in [4.78, 5) is 13.7. The van der Waals surface area contributed by atoms with Gasteiger partial charge in [0.05, 0.1) is 16.3 Å². The zero-order valence-corrected chi connectivity index (χ0v) is 12.3. The van der Waals surface area contributed by atoms with Gasteiger partial charge in [-0.3, -0.25) is 4.79 Å². The van der Waals surface area contributed by atoms with Crippen LogP contribution in [0.25, 0.3) is 0 Å². The minimum absolute atomic E-state index is 0.104. The Hall–Kier alpha value is -2.09. The topological polar surface area (TPSA) is 55.1 Å². The van der Waals surface area contributed by atoms with Crippen molar-refractivity contribution >= 4 is 22.9 Å². The third kappa shape index (κ3) is 3.27. The van der Waals surface area contributed by atoms with Crippen LogP contribution in [-0.2, 0) is 0 Å². The van der Waals surface area contributed by atoms with Gasteiger partial charge in [-0.15, -0.1) is 11.3 Å². The summed E-state index contributed by atoms with van der Waals surface area (Å²) in [5.74, 6) is 5.61. The monoisotopic (exact) mass is 284 g/mol. The summed E-state index contributed by atoms with van der Waals surface area (Å²) < 4.78 is 0. The fourth-order valence-electron chi connectivity index (χ4n) is 1.85. The number of nitrogens with one attached hydrogen (secondary N) is 1. The van der Waals surface area contributed by atoms with Gasteiger partial charge in [0.15, 0.2) is 0 Å². The Kier molecular flexibility index (Phi) is 4.57. The number of thiophene rings is 1. The Morgan fingerprint density at radius 2 is 1.95 bits per heavy atom. The maximum Gasteiger partial charge on any atom is 0.265 e. The maximum absolute atomic E-state index is 12.2. The van der Waals surface area contributed by atoms with Crippen molar-refractivity contribution in [2.75, 3.05) is 11.9 Å². The van der Waals surface area contributed by atoms with Crippen molar-refractivity contribution < 1.29 is 4.79 Å². The summed E-state index contributed by atoms with van der Waals surface area (Å²) in [6.45, 7) is 4.28. The molecule has 4 heteroatoms. The predicted octanol–water partition coefficient (Wildman–Crippen LogP) is 2.93. The minimum atomic E-state index is -0.104. The van der Waals surface area contributed by atoms with Crippen molar-refractivity contribution in [1.29, 1.82) is 0 Å². The zero-order chi connectivity index (χ0) is 14.5. The van der Waals surface area contributed by atoms with Crippen LogP contribution in [0.4, 0.5) is 5.69 Å². The zero-order valence-electron chi connectivity index (χ0n) is 11.5. The fraction of sp³-hybridized carbons (Fsp3) is 0.188. The lowest BCUT2D eigenvalue weighted by molar-refractivity contribution is 0.103. The molecule has 0 atom stereocenters. The second kappa shape index (κ2) is 6.38. The number of hydrogen-bond acceptors (Lipinski definition) is 3. The number of aryl methyl sites for hydroxylation is 2. The highest BCUT2D eigenvalue weighted by molar-refractivity contribution is 7.14. The van der Waals surface area contributed by atoms with Gasteiger partial charge in [0.1, 0.15) is 0 Å². The summed E-state index contributed by atoms with van der Waals surface area (Å²) in [5.41, 5.74) is 8.31. The van der Waals surface area contributed by atoms with Crippen molar-refractivity contribution in [3.05, 3.63) is 51.2 Å². The van der Waals surface area contributed by atoms with Gasteiger partial charge >= 0.3 is 0 Å². The molecule has 0 aliphatic heterocycles. The Bertz CT molecular complexity index is 672. The van der Waals surface area contributed by atoms with Crippen molar-refractivity contribution in [3.63, 3.8) is 0 Å².